The van der Waals surface area contributed by atoms with Crippen molar-refractivity contribution in [1.82, 2.24) is 9.88 Å². The number of nitrogens with zero attached hydrogens (tertiary/aromatic N) is 4. The molecular formula is C21H25N5O3. The number of aromatic nitrogens is 1. The zero-order valence-corrected chi connectivity index (χ0v) is 16.6. The SMILES string of the molecule is CN1CCN(c2ccc3c(n2)NCC/C3=N\OCc2ccc3c(c2)OCO3)CC1. The van der Waals surface area contributed by atoms with Crippen LogP contribution in [0, 0.1) is 0 Å². The molecule has 0 radical (unpaired) electrons. The van der Waals surface area contributed by atoms with Crippen LogP contribution in [0.1, 0.15) is 17.5 Å². The van der Waals surface area contributed by atoms with E-state index in [4.69, 9.17) is 19.3 Å². The van der Waals surface area contributed by atoms with E-state index in [2.05, 4.69) is 39.5 Å². The van der Waals surface area contributed by atoms with Gasteiger partial charge in [0.25, 0.3) is 0 Å². The van der Waals surface area contributed by atoms with Crippen LogP contribution in [0.3, 0.4) is 0 Å². The van der Waals surface area contributed by atoms with E-state index in [1.165, 1.54) is 0 Å². The van der Waals surface area contributed by atoms with Crippen LogP contribution in [0.15, 0.2) is 35.5 Å². The molecule has 3 aliphatic heterocycles. The lowest BCUT2D eigenvalue weighted by molar-refractivity contribution is 0.130. The van der Waals surface area contributed by atoms with Crippen molar-refractivity contribution in [2.45, 2.75) is 13.0 Å². The number of rotatable bonds is 4. The summed E-state index contributed by atoms with van der Waals surface area (Å²) in [6.07, 6.45) is 0.809. The predicted octanol–water partition coefficient (Wildman–Crippen LogP) is 2.30. The molecule has 0 aliphatic carbocycles. The van der Waals surface area contributed by atoms with Crippen LogP contribution in [-0.4, -0.2) is 62.2 Å². The Hall–Kier alpha value is -3.00. The van der Waals surface area contributed by atoms with Crippen LogP contribution in [0.5, 0.6) is 11.5 Å². The molecule has 0 unspecified atom stereocenters. The summed E-state index contributed by atoms with van der Waals surface area (Å²) in [5, 5.41) is 7.81. The summed E-state index contributed by atoms with van der Waals surface area (Å²) in [4.78, 5) is 15.2. The largest absolute Gasteiger partial charge is 0.454 e. The Kier molecular flexibility index (Phi) is 4.85. The van der Waals surface area contributed by atoms with Crippen LogP contribution >= 0.6 is 0 Å². The molecule has 1 saturated heterocycles. The van der Waals surface area contributed by atoms with Crippen LogP contribution in [0.4, 0.5) is 11.6 Å². The average Bonchev–Trinajstić information content (AvgIpc) is 3.22. The summed E-state index contributed by atoms with van der Waals surface area (Å²) >= 11 is 0. The standard InChI is InChI=1S/C21H25N5O3/c1-25-8-10-26(11-9-25)20-5-3-16-17(6-7-22-21(16)23-20)24-29-13-15-2-4-18-19(12-15)28-14-27-18/h2-5,12H,6-11,13-14H2,1H3,(H,22,23)/b24-17+. The van der Waals surface area contributed by atoms with Gasteiger partial charge in [-0.3, -0.25) is 0 Å². The predicted molar refractivity (Wildman–Crippen MR) is 111 cm³/mol. The van der Waals surface area contributed by atoms with E-state index in [9.17, 15) is 0 Å². The molecule has 0 atom stereocenters. The molecule has 29 heavy (non-hydrogen) atoms. The minimum absolute atomic E-state index is 0.273. The first-order valence-corrected chi connectivity index (χ1v) is 10.0. The highest BCUT2D eigenvalue weighted by atomic mass is 16.7. The molecule has 1 N–H and O–H groups in total. The maximum absolute atomic E-state index is 5.65. The second-order valence-electron chi connectivity index (χ2n) is 7.53. The van der Waals surface area contributed by atoms with Crippen molar-refractivity contribution in [3.8, 4) is 11.5 Å². The molecule has 1 aromatic carbocycles. The van der Waals surface area contributed by atoms with E-state index in [-0.39, 0.29) is 6.79 Å². The Balaban J connectivity index is 1.27. The van der Waals surface area contributed by atoms with Gasteiger partial charge in [0.05, 0.1) is 5.71 Å². The number of pyridine rings is 1. The maximum atomic E-state index is 5.65. The van der Waals surface area contributed by atoms with Crippen LogP contribution < -0.4 is 19.7 Å². The van der Waals surface area contributed by atoms with Gasteiger partial charge in [-0.2, -0.15) is 0 Å². The fraction of sp³-hybridized carbons (Fsp3) is 0.429. The third-order valence-corrected chi connectivity index (χ3v) is 5.52. The lowest BCUT2D eigenvalue weighted by atomic mass is 10.0. The summed E-state index contributed by atoms with van der Waals surface area (Å²) in [6, 6.07) is 9.99. The van der Waals surface area contributed by atoms with Crippen LogP contribution in [0.25, 0.3) is 0 Å². The Morgan fingerprint density at radius 1 is 1.10 bits per heavy atom. The molecule has 5 rings (SSSR count). The normalized spacial score (nSPS) is 19.8. The number of oxime groups is 1. The number of hydrogen-bond donors (Lipinski definition) is 1. The number of ether oxygens (including phenoxy) is 2. The summed E-state index contributed by atoms with van der Waals surface area (Å²) in [6.45, 7) is 5.59. The molecule has 1 fully saturated rings. The quantitative estimate of drug-likeness (QED) is 0.797. The lowest BCUT2D eigenvalue weighted by Gasteiger charge is -2.33. The van der Waals surface area contributed by atoms with Crippen molar-refractivity contribution in [3.63, 3.8) is 0 Å². The van der Waals surface area contributed by atoms with E-state index in [1.54, 1.807) is 0 Å². The third-order valence-electron chi connectivity index (χ3n) is 5.52. The van der Waals surface area contributed by atoms with Gasteiger partial charge in [-0.25, -0.2) is 4.98 Å². The number of hydrogen-bond acceptors (Lipinski definition) is 8. The number of fused-ring (bicyclic) bond motifs is 2. The van der Waals surface area contributed by atoms with Crippen molar-refractivity contribution in [2.24, 2.45) is 5.16 Å². The molecule has 8 heteroatoms. The summed E-state index contributed by atoms with van der Waals surface area (Å²) in [5.74, 6) is 3.44. The van der Waals surface area contributed by atoms with Crippen LogP contribution in [0.2, 0.25) is 0 Å². The Bertz CT molecular complexity index is 925. The molecule has 8 nitrogen and oxygen atoms in total. The van der Waals surface area contributed by atoms with Crippen molar-refractivity contribution in [2.75, 3.05) is 56.8 Å². The Labute approximate surface area is 170 Å². The molecule has 0 saturated carbocycles. The van der Waals surface area contributed by atoms with Gasteiger partial charge in [0.15, 0.2) is 11.5 Å². The van der Waals surface area contributed by atoms with Gasteiger partial charge in [0, 0.05) is 44.7 Å². The van der Waals surface area contributed by atoms with E-state index >= 15 is 0 Å². The maximum Gasteiger partial charge on any atom is 0.231 e. The number of benzene rings is 1. The van der Waals surface area contributed by atoms with Gasteiger partial charge in [-0.1, -0.05) is 11.2 Å². The molecule has 152 valence electrons. The zero-order valence-electron chi connectivity index (χ0n) is 16.6. The molecular weight excluding hydrogens is 370 g/mol. The highest BCUT2D eigenvalue weighted by Crippen LogP contribution is 2.32. The first kappa shape index (κ1) is 18.1. The second kappa shape index (κ2) is 7.79. The molecule has 0 amide bonds. The first-order valence-electron chi connectivity index (χ1n) is 10.0. The van der Waals surface area contributed by atoms with Gasteiger partial charge in [0.2, 0.25) is 6.79 Å². The van der Waals surface area contributed by atoms with Gasteiger partial charge < -0.3 is 29.4 Å². The topological polar surface area (TPSA) is 71.5 Å². The minimum atomic E-state index is 0.273. The number of likely N-dealkylation sites (N-methyl/N-ethyl adjacent to an activating group) is 1. The smallest absolute Gasteiger partial charge is 0.231 e. The van der Waals surface area contributed by atoms with Crippen molar-refractivity contribution >= 4 is 17.3 Å². The highest BCUT2D eigenvalue weighted by molar-refractivity contribution is 6.05. The van der Waals surface area contributed by atoms with Crippen molar-refractivity contribution < 1.29 is 14.3 Å². The average molecular weight is 395 g/mol. The van der Waals surface area contributed by atoms with Gasteiger partial charge >= 0.3 is 0 Å². The summed E-state index contributed by atoms with van der Waals surface area (Å²) < 4.78 is 10.8. The van der Waals surface area contributed by atoms with E-state index in [1.807, 2.05) is 18.2 Å². The molecule has 3 aliphatic rings. The molecule has 2 aromatic rings. The highest BCUT2D eigenvalue weighted by Gasteiger charge is 2.21. The van der Waals surface area contributed by atoms with E-state index in [0.29, 0.717) is 6.61 Å². The van der Waals surface area contributed by atoms with Crippen molar-refractivity contribution in [1.29, 1.82) is 0 Å². The molecule has 1 aromatic heterocycles. The zero-order chi connectivity index (χ0) is 19.6. The van der Waals surface area contributed by atoms with E-state index < -0.39 is 0 Å². The monoisotopic (exact) mass is 395 g/mol. The summed E-state index contributed by atoms with van der Waals surface area (Å²) in [7, 11) is 2.16. The van der Waals surface area contributed by atoms with Gasteiger partial charge in [-0.05, 0) is 36.9 Å². The third kappa shape index (κ3) is 3.80. The van der Waals surface area contributed by atoms with Gasteiger partial charge in [-0.15, -0.1) is 0 Å². The Morgan fingerprint density at radius 3 is 2.86 bits per heavy atom. The Morgan fingerprint density at radius 2 is 1.97 bits per heavy atom. The lowest BCUT2D eigenvalue weighted by Crippen LogP contribution is -2.44. The number of piperazine rings is 1. The number of nitrogens with one attached hydrogen (secondary N) is 1. The summed E-state index contributed by atoms with van der Waals surface area (Å²) in [5.41, 5.74) is 2.94. The van der Waals surface area contributed by atoms with Crippen LogP contribution in [-0.2, 0) is 11.4 Å². The van der Waals surface area contributed by atoms with Gasteiger partial charge in [0.1, 0.15) is 18.2 Å². The minimum Gasteiger partial charge on any atom is -0.454 e. The molecule has 0 bridgehead atoms. The first-order chi connectivity index (χ1) is 14.3. The molecule has 0 spiro atoms. The molecule has 4 heterocycles. The van der Waals surface area contributed by atoms with E-state index in [0.717, 1.165) is 79.1 Å². The fourth-order valence-electron chi connectivity index (χ4n) is 3.77. The number of anilines is 2. The second-order valence-corrected chi connectivity index (χ2v) is 7.53. The van der Waals surface area contributed by atoms with Crippen molar-refractivity contribution in [3.05, 3.63) is 41.5 Å². The fourth-order valence-corrected chi connectivity index (χ4v) is 3.77.